The van der Waals surface area contributed by atoms with Crippen LogP contribution >= 0.6 is 0 Å². The standard InChI is InChI=1S/C20H17N3O4/c1-25-16-6-8-23(9-7-16)17(10-14(12-21)13-22)20(24)15-4-5-18(26-2)19(11-15)27-3/h4-11H,1-3H3/b17-10-. The number of rotatable bonds is 7. The van der Waals surface area contributed by atoms with E-state index < -0.39 is 5.78 Å². The number of nitrogens with zero attached hydrogens (tertiary/aromatic N) is 3. The van der Waals surface area contributed by atoms with E-state index in [9.17, 15) is 4.79 Å². The largest absolute Gasteiger partial charge is 0.762 e. The maximum Gasteiger partial charge on any atom is 0.260 e. The number of methoxy groups -OCH3 is 3. The molecule has 7 heteroatoms. The molecule has 0 amide bonds. The molecule has 0 bridgehead atoms. The average molecular weight is 363 g/mol. The Kier molecular flexibility index (Phi) is 6.48. The van der Waals surface area contributed by atoms with Crippen LogP contribution in [0.15, 0.2) is 54.4 Å². The number of carbonyl (C=O) groups is 1. The fourth-order valence-corrected chi connectivity index (χ4v) is 2.32. The predicted octanol–water partition coefficient (Wildman–Crippen LogP) is 2.41. The van der Waals surface area contributed by atoms with E-state index in [1.165, 1.54) is 38.0 Å². The molecule has 0 radical (unpaired) electrons. The lowest BCUT2D eigenvalue weighted by Gasteiger charge is -2.09. The zero-order chi connectivity index (χ0) is 19.8. The maximum atomic E-state index is 13.1. The first kappa shape index (κ1) is 19.4. The van der Waals surface area contributed by atoms with E-state index in [2.05, 4.69) is 0 Å². The number of hydrogen-bond acceptors (Lipinski definition) is 5. The number of aromatic nitrogens is 1. The van der Waals surface area contributed by atoms with E-state index in [4.69, 9.17) is 24.9 Å². The van der Waals surface area contributed by atoms with Crippen molar-refractivity contribution in [3.63, 3.8) is 0 Å². The van der Waals surface area contributed by atoms with E-state index in [0.717, 1.165) is 0 Å². The Morgan fingerprint density at radius 1 is 1.07 bits per heavy atom. The van der Waals surface area contributed by atoms with Gasteiger partial charge in [-0.25, -0.2) is 0 Å². The molecule has 27 heavy (non-hydrogen) atoms. The fourth-order valence-electron chi connectivity index (χ4n) is 2.32. The smallest absolute Gasteiger partial charge is 0.260 e. The minimum atomic E-state index is -0.394. The van der Waals surface area contributed by atoms with Gasteiger partial charge in [-0.15, -0.1) is 0 Å². The summed E-state index contributed by atoms with van der Waals surface area (Å²) in [4.78, 5) is 13.1. The average Bonchev–Trinajstić information content (AvgIpc) is 2.73. The first-order valence-corrected chi connectivity index (χ1v) is 7.79. The first-order chi connectivity index (χ1) is 13.1. The second-order valence-electron chi connectivity index (χ2n) is 5.21. The lowest BCUT2D eigenvalue weighted by Crippen LogP contribution is -2.35. The normalized spacial score (nSPS) is 10.4. The molecule has 0 spiro atoms. The molecule has 0 aliphatic rings. The summed E-state index contributed by atoms with van der Waals surface area (Å²) in [5.74, 6) is 2.86. The van der Waals surface area contributed by atoms with E-state index in [1.807, 2.05) is 0 Å². The van der Waals surface area contributed by atoms with Crippen LogP contribution in [-0.2, 0) is 0 Å². The third-order valence-corrected chi connectivity index (χ3v) is 3.71. The van der Waals surface area contributed by atoms with Gasteiger partial charge >= 0.3 is 0 Å². The zero-order valence-corrected chi connectivity index (χ0v) is 15.1. The van der Waals surface area contributed by atoms with Gasteiger partial charge in [0.15, 0.2) is 23.9 Å². The number of pyridine rings is 1. The van der Waals surface area contributed by atoms with Crippen molar-refractivity contribution in [2.45, 2.75) is 0 Å². The lowest BCUT2D eigenvalue weighted by atomic mass is 10.1. The summed E-state index contributed by atoms with van der Waals surface area (Å²) in [7, 11) is 4.50. The maximum absolute atomic E-state index is 13.1. The monoisotopic (exact) mass is 363 g/mol. The van der Waals surface area contributed by atoms with Crippen LogP contribution in [0.5, 0.6) is 17.2 Å². The second-order valence-corrected chi connectivity index (χ2v) is 5.21. The van der Waals surface area contributed by atoms with Crippen molar-refractivity contribution in [2.75, 3.05) is 21.3 Å². The number of benzene rings is 1. The Morgan fingerprint density at radius 3 is 2.26 bits per heavy atom. The molecule has 1 heterocycles. The summed E-state index contributed by atoms with van der Waals surface area (Å²) in [6.07, 6.45) is 4.46. The molecule has 0 atom stereocenters. The molecule has 1 aromatic carbocycles. The van der Waals surface area contributed by atoms with Crippen LogP contribution in [0.25, 0.3) is 11.1 Å². The minimum Gasteiger partial charge on any atom is -0.762 e. The van der Waals surface area contributed by atoms with Crippen LogP contribution in [0.1, 0.15) is 10.4 Å². The zero-order valence-electron chi connectivity index (χ0n) is 15.1. The van der Waals surface area contributed by atoms with Crippen LogP contribution < -0.4 is 18.8 Å². The highest BCUT2D eigenvalue weighted by Crippen LogP contribution is 2.28. The van der Waals surface area contributed by atoms with Crippen molar-refractivity contribution < 1.29 is 23.6 Å². The van der Waals surface area contributed by atoms with Gasteiger partial charge in [0.2, 0.25) is 0 Å². The molecule has 1 aromatic heterocycles. The Bertz CT molecular complexity index is 966. The quantitative estimate of drug-likeness (QED) is 0.188. The van der Waals surface area contributed by atoms with Crippen LogP contribution in [0.2, 0.25) is 0 Å². The highest BCUT2D eigenvalue weighted by molar-refractivity contribution is 6.22. The Balaban J connectivity index is 2.57. The van der Waals surface area contributed by atoms with Gasteiger partial charge in [0, 0.05) is 23.8 Å². The van der Waals surface area contributed by atoms with E-state index in [1.54, 1.807) is 48.6 Å². The Labute approximate surface area is 156 Å². The number of carbonyl (C=O) groups excluding carboxylic acids is 1. The molecule has 7 nitrogen and oxygen atoms in total. The molecule has 0 fully saturated rings. The van der Waals surface area contributed by atoms with Crippen molar-refractivity contribution >= 4 is 17.4 Å². The van der Waals surface area contributed by atoms with Gasteiger partial charge in [-0.05, 0) is 18.2 Å². The van der Waals surface area contributed by atoms with Gasteiger partial charge in [0.05, 0.1) is 26.9 Å². The van der Waals surface area contributed by atoms with Crippen molar-refractivity contribution in [1.82, 2.24) is 0 Å². The Morgan fingerprint density at radius 2 is 1.74 bits per heavy atom. The van der Waals surface area contributed by atoms with Gasteiger partial charge in [0.25, 0.3) is 11.5 Å². The van der Waals surface area contributed by atoms with Crippen molar-refractivity contribution in [1.29, 1.82) is 5.26 Å². The van der Waals surface area contributed by atoms with Crippen LogP contribution in [0, 0.1) is 11.3 Å². The topological polar surface area (TPSA) is 94.7 Å². The molecule has 0 saturated heterocycles. The minimum absolute atomic E-state index is 0.128. The molecule has 0 aliphatic carbocycles. The lowest BCUT2D eigenvalue weighted by molar-refractivity contribution is -0.576. The number of nitriles is 1. The number of ketones is 1. The van der Waals surface area contributed by atoms with E-state index >= 15 is 0 Å². The molecule has 2 aromatic rings. The SMILES string of the molecule is COc1cc[n+](/C(=C\C(=C=[N-])C#N)C(=O)c2ccc(OC)c(OC)c2)cc1. The third kappa shape index (κ3) is 4.40. The molecular weight excluding hydrogens is 346 g/mol. The number of allylic oxidation sites excluding steroid dienone is 3. The number of hydrogen-bond donors (Lipinski definition) is 0. The Hall–Kier alpha value is -3.88. The molecule has 0 N–H and O–H groups in total. The fraction of sp³-hybridized carbons (Fsp3) is 0.150. The van der Waals surface area contributed by atoms with Crippen LogP contribution in [0.3, 0.4) is 0 Å². The molecule has 2 rings (SSSR count). The van der Waals surface area contributed by atoms with E-state index in [-0.39, 0.29) is 11.3 Å². The van der Waals surface area contributed by atoms with Crippen molar-refractivity contribution in [3.8, 4) is 23.3 Å². The molecular formula is C20H17N3O4. The highest BCUT2D eigenvalue weighted by atomic mass is 16.5. The summed E-state index contributed by atoms with van der Waals surface area (Å²) in [6.45, 7) is 0. The predicted molar refractivity (Wildman–Crippen MR) is 98.8 cm³/mol. The van der Waals surface area contributed by atoms with Gasteiger partial charge in [-0.1, -0.05) is 0 Å². The molecule has 0 saturated carbocycles. The van der Waals surface area contributed by atoms with Crippen LogP contribution in [0.4, 0.5) is 0 Å². The van der Waals surface area contributed by atoms with Crippen LogP contribution in [-0.4, -0.2) is 33.0 Å². The summed E-state index contributed by atoms with van der Waals surface area (Å²) in [6, 6.07) is 9.82. The summed E-state index contributed by atoms with van der Waals surface area (Å²) in [5.41, 5.74) is 0.252. The summed E-state index contributed by atoms with van der Waals surface area (Å²) < 4.78 is 17.0. The first-order valence-electron chi connectivity index (χ1n) is 7.79. The third-order valence-electron chi connectivity index (χ3n) is 3.71. The van der Waals surface area contributed by atoms with Crippen molar-refractivity contribution in [3.05, 3.63) is 65.3 Å². The highest BCUT2D eigenvalue weighted by Gasteiger charge is 2.23. The van der Waals surface area contributed by atoms with Crippen molar-refractivity contribution in [2.24, 2.45) is 0 Å². The second kappa shape index (κ2) is 8.99. The molecule has 0 unspecified atom stereocenters. The molecule has 136 valence electrons. The summed E-state index contributed by atoms with van der Waals surface area (Å²) >= 11 is 0. The number of Topliss-reactive ketones (excluding diaryl/α,β-unsaturated/α-hetero) is 1. The summed E-state index contributed by atoms with van der Waals surface area (Å²) in [5, 5.41) is 18.2. The van der Waals surface area contributed by atoms with Gasteiger partial charge in [-0.2, -0.15) is 9.83 Å². The van der Waals surface area contributed by atoms with Gasteiger partial charge in [0.1, 0.15) is 11.8 Å². The van der Waals surface area contributed by atoms with Gasteiger partial charge in [-0.3, -0.25) is 10.7 Å². The number of ether oxygens (including phenoxy) is 3. The van der Waals surface area contributed by atoms with E-state index in [0.29, 0.717) is 22.8 Å². The molecule has 0 aliphatic heterocycles. The van der Waals surface area contributed by atoms with Gasteiger partial charge < -0.3 is 19.6 Å².